The molecule has 13 heteroatoms. The summed E-state index contributed by atoms with van der Waals surface area (Å²) in [6, 6.07) is 15.8. The van der Waals surface area contributed by atoms with Crippen LogP contribution < -0.4 is 15.4 Å². The van der Waals surface area contributed by atoms with Gasteiger partial charge in [0, 0.05) is 67.3 Å². The van der Waals surface area contributed by atoms with Crippen LogP contribution in [-0.4, -0.2) is 101 Å². The third-order valence-electron chi connectivity index (χ3n) is 9.59. The van der Waals surface area contributed by atoms with E-state index in [9.17, 15) is 24.8 Å². The molecule has 0 saturated heterocycles. The summed E-state index contributed by atoms with van der Waals surface area (Å²) in [6.07, 6.45) is 7.46. The maximum Gasteiger partial charge on any atom is 0.336 e. The van der Waals surface area contributed by atoms with Gasteiger partial charge in [0.1, 0.15) is 22.2 Å². The third-order valence-corrected chi connectivity index (χ3v) is 13.3. The van der Waals surface area contributed by atoms with Gasteiger partial charge in [0.15, 0.2) is 5.71 Å². The lowest BCUT2D eigenvalue weighted by Crippen LogP contribution is -2.49. The van der Waals surface area contributed by atoms with Gasteiger partial charge in [-0.25, -0.2) is 9.37 Å². The molecule has 0 saturated carbocycles. The van der Waals surface area contributed by atoms with Crippen molar-refractivity contribution >= 4 is 59.4 Å². The number of ether oxygens (including phenoxy) is 2. The average molecular weight is 758 g/mol. The molecule has 53 heavy (non-hydrogen) atoms. The van der Waals surface area contributed by atoms with E-state index in [1.54, 1.807) is 24.3 Å². The van der Waals surface area contributed by atoms with Gasteiger partial charge in [-0.2, -0.15) is 0 Å². The lowest BCUT2D eigenvalue weighted by Gasteiger charge is -2.38. The van der Waals surface area contributed by atoms with E-state index in [4.69, 9.17) is 21.1 Å². The molecule has 0 atom stereocenters. The molecule has 5 rings (SSSR count). The maximum atomic E-state index is 13.4. The average Bonchev–Trinajstić information content (AvgIpc) is 3.12. The van der Waals surface area contributed by atoms with Crippen molar-refractivity contribution < 1.29 is 33.7 Å². The zero-order valence-corrected chi connectivity index (χ0v) is 32.8. The molecule has 0 bridgehead atoms. The van der Waals surface area contributed by atoms with Crippen molar-refractivity contribution in [2.45, 2.75) is 25.9 Å². The summed E-state index contributed by atoms with van der Waals surface area (Å²) in [5, 5.41) is 27.3. The first-order valence-electron chi connectivity index (χ1n) is 17.5. The number of carbonyl (C=O) groups excluding carboxylic acids is 1. The monoisotopic (exact) mass is 757 g/mol. The molecule has 3 aromatic rings. The molecule has 1 amide bonds. The fourth-order valence-electron chi connectivity index (χ4n) is 6.69. The Kier molecular flexibility index (Phi) is 12.5. The first-order chi connectivity index (χ1) is 25.2. The van der Waals surface area contributed by atoms with Gasteiger partial charge in [-0.1, -0.05) is 36.8 Å². The van der Waals surface area contributed by atoms with Crippen LogP contribution in [0.4, 0.5) is 11.4 Å². The molecule has 11 nitrogen and oxygen atoms in total. The van der Waals surface area contributed by atoms with Crippen LogP contribution in [0.1, 0.15) is 43.8 Å². The molecule has 0 aromatic heterocycles. The number of amides is 1. The molecule has 3 aromatic carbocycles. The number of aromatic carboxylic acids is 1. The molecular weight excluding hydrogens is 712 g/mol. The minimum Gasteiger partial charge on any atom is -0.478 e. The van der Waals surface area contributed by atoms with Crippen LogP contribution in [0.2, 0.25) is 18.1 Å². The first kappa shape index (κ1) is 39.3. The van der Waals surface area contributed by atoms with E-state index in [0.717, 1.165) is 28.1 Å². The van der Waals surface area contributed by atoms with E-state index in [2.05, 4.69) is 64.3 Å². The summed E-state index contributed by atoms with van der Waals surface area (Å²) < 4.78 is 13.3. The van der Waals surface area contributed by atoms with Gasteiger partial charge in [-0.3, -0.25) is 14.9 Å². The van der Waals surface area contributed by atoms with Crippen molar-refractivity contribution in [2.75, 3.05) is 66.1 Å². The number of hydrogen-bond acceptors (Lipinski definition) is 7. The molecule has 1 aliphatic carbocycles. The predicted molar refractivity (Wildman–Crippen MR) is 212 cm³/mol. The second-order valence-corrected chi connectivity index (χ2v) is 18.7. The number of hydrogen-bond donors (Lipinski definition) is 2. The largest absolute Gasteiger partial charge is 0.478 e. The highest BCUT2D eigenvalue weighted by Gasteiger charge is 2.41. The summed E-state index contributed by atoms with van der Waals surface area (Å²) in [6.45, 7) is 6.23. The van der Waals surface area contributed by atoms with Gasteiger partial charge < -0.3 is 24.8 Å². The number of anilines is 1. The number of rotatable bonds is 15. The highest BCUT2D eigenvalue weighted by Crippen LogP contribution is 2.43. The molecule has 1 heterocycles. The summed E-state index contributed by atoms with van der Waals surface area (Å²) in [5.41, 5.74) is 6.49. The van der Waals surface area contributed by atoms with Gasteiger partial charge in [0.2, 0.25) is 0 Å². The number of nitrogens with one attached hydrogen (secondary N) is 1. The fourth-order valence-corrected chi connectivity index (χ4v) is 9.93. The van der Waals surface area contributed by atoms with Crippen LogP contribution in [-0.2, 0) is 15.9 Å². The number of carboxylic acids is 1. The molecule has 0 fully saturated rings. The molecule has 0 spiro atoms. The van der Waals surface area contributed by atoms with Crippen LogP contribution in [0, 0.1) is 10.1 Å². The van der Waals surface area contributed by atoms with Crippen LogP contribution in [0.5, 0.6) is 0 Å². The topological polar surface area (TPSA) is 134 Å². The van der Waals surface area contributed by atoms with E-state index in [0.29, 0.717) is 54.4 Å². The van der Waals surface area contributed by atoms with E-state index in [1.807, 2.05) is 28.2 Å². The Hall–Kier alpha value is -4.88. The van der Waals surface area contributed by atoms with Gasteiger partial charge in [0.25, 0.3) is 11.6 Å². The van der Waals surface area contributed by atoms with Crippen LogP contribution in [0.15, 0.2) is 83.6 Å². The Morgan fingerprint density at radius 2 is 1.68 bits per heavy atom. The second kappa shape index (κ2) is 16.8. The van der Waals surface area contributed by atoms with Crippen molar-refractivity contribution in [1.82, 2.24) is 5.32 Å². The van der Waals surface area contributed by atoms with Crippen molar-refractivity contribution in [1.29, 1.82) is 0 Å². The number of allylic oxidation sites excluding steroid dienone is 5. The molecule has 0 radical (unpaired) electrons. The Bertz CT molecular complexity index is 2070. The Balaban J connectivity index is 1.26. The lowest BCUT2D eigenvalue weighted by molar-refractivity contribution is -0.462. The number of aryl methyl sites for hydroxylation is 1. The highest BCUT2D eigenvalue weighted by molar-refractivity contribution is 6.98. The van der Waals surface area contributed by atoms with Crippen LogP contribution in [0.25, 0.3) is 5.57 Å². The number of nitro groups is 1. The van der Waals surface area contributed by atoms with E-state index in [1.165, 1.54) is 22.5 Å². The zero-order valence-electron chi connectivity index (χ0n) is 31.0. The SMILES string of the molecule is CN(C)c1ccc2c(c1)[Si](C)(C)C1=CC(=[N+](C)C)C=CC1=C2c1cc(C(=O)NCCOCCOCCCc2ccc(Cl)cc2[N+](=O)[O-])ccc1C(=O)O. The van der Waals surface area contributed by atoms with E-state index in [-0.39, 0.29) is 30.3 Å². The third kappa shape index (κ3) is 8.85. The Morgan fingerprint density at radius 3 is 2.36 bits per heavy atom. The number of nitro benzene ring substituents is 1. The summed E-state index contributed by atoms with van der Waals surface area (Å²) in [4.78, 5) is 39.0. The normalized spacial score (nSPS) is 14.3. The fraction of sp³-hybridized carbons (Fsp3) is 0.325. The standard InChI is InChI=1S/C40H45ClN4O7Si/c1-43(2)29-12-15-32-36(24-29)53(5,6)37-25-30(44(3)4)13-16-33(37)38(32)34-22-27(10-14-31(34)40(47)48)39(46)42-17-19-52-21-20-51-18-7-8-26-9-11-28(41)23-35(26)45(49)50/h9-16,22-25H,7-8,17-21H2,1-6H3,(H-,42,46,47,48)/p+1. The van der Waals surface area contributed by atoms with Crippen LogP contribution in [0.3, 0.4) is 0 Å². The van der Waals surface area contributed by atoms with Crippen LogP contribution >= 0.6 is 11.6 Å². The van der Waals surface area contributed by atoms with E-state index >= 15 is 0 Å². The van der Waals surface area contributed by atoms with Crippen molar-refractivity contribution in [3.8, 4) is 0 Å². The first-order valence-corrected chi connectivity index (χ1v) is 20.8. The number of carbonyl (C=O) groups is 2. The lowest BCUT2D eigenvalue weighted by atomic mass is 9.86. The number of fused-ring (bicyclic) bond motifs is 2. The summed E-state index contributed by atoms with van der Waals surface area (Å²) in [5.74, 6) is -1.40. The molecule has 2 aliphatic rings. The predicted octanol–water partition coefficient (Wildman–Crippen LogP) is 5.89. The number of carboxylic acid groups (broad SMARTS) is 1. The summed E-state index contributed by atoms with van der Waals surface area (Å²) in [7, 11) is 5.79. The molecule has 0 unspecified atom stereocenters. The van der Waals surface area contributed by atoms with Gasteiger partial charge >= 0.3 is 5.97 Å². The number of halogens is 1. The minimum absolute atomic E-state index is 0.00306. The zero-order chi connectivity index (χ0) is 38.4. The van der Waals surface area contributed by atoms with E-state index < -0.39 is 19.0 Å². The van der Waals surface area contributed by atoms with Crippen molar-refractivity contribution in [2.24, 2.45) is 0 Å². The van der Waals surface area contributed by atoms with Crippen molar-refractivity contribution in [3.63, 3.8) is 0 Å². The van der Waals surface area contributed by atoms with Gasteiger partial charge in [-0.15, -0.1) is 0 Å². The molecular formula is C40H46ClN4O7Si+. The van der Waals surface area contributed by atoms with Gasteiger partial charge in [-0.05, 0) is 88.0 Å². The molecule has 2 N–H and O–H groups in total. The smallest absolute Gasteiger partial charge is 0.336 e. The number of benzene rings is 3. The number of nitrogens with zero attached hydrogens (tertiary/aromatic N) is 3. The quantitative estimate of drug-likeness (QED) is 0.0645. The Morgan fingerprint density at radius 1 is 0.943 bits per heavy atom. The highest BCUT2D eigenvalue weighted by atomic mass is 35.5. The minimum atomic E-state index is -2.25. The summed E-state index contributed by atoms with van der Waals surface area (Å²) >= 11 is 5.89. The molecule has 278 valence electrons. The van der Waals surface area contributed by atoms with Gasteiger partial charge in [0.05, 0.1) is 30.3 Å². The Labute approximate surface area is 316 Å². The maximum absolute atomic E-state index is 13.4. The second-order valence-electron chi connectivity index (χ2n) is 13.9. The van der Waals surface area contributed by atoms with Crippen molar-refractivity contribution in [3.05, 3.63) is 127 Å². The molecule has 1 aliphatic heterocycles.